The summed E-state index contributed by atoms with van der Waals surface area (Å²) in [7, 11) is -1.42. The molecule has 1 aliphatic carbocycles. The van der Waals surface area contributed by atoms with E-state index < -0.39 is 15.9 Å². The van der Waals surface area contributed by atoms with Crippen LogP contribution in [0.1, 0.15) is 76.2 Å². The Hall–Kier alpha value is -2.71. The number of amides is 2. The van der Waals surface area contributed by atoms with Crippen molar-refractivity contribution in [3.8, 4) is 0 Å². The van der Waals surface area contributed by atoms with Gasteiger partial charge in [0.1, 0.15) is 6.04 Å². The molecule has 1 saturated carbocycles. The predicted molar refractivity (Wildman–Crippen MR) is 159 cm³/mol. The van der Waals surface area contributed by atoms with E-state index in [9.17, 15) is 18.0 Å². The molecule has 4 atom stereocenters. The lowest BCUT2D eigenvalue weighted by atomic mass is 9.81. The highest BCUT2D eigenvalue weighted by Crippen LogP contribution is 2.36. The van der Waals surface area contributed by atoms with E-state index in [1.165, 1.54) is 0 Å². The van der Waals surface area contributed by atoms with Gasteiger partial charge in [-0.25, -0.2) is 8.42 Å². The van der Waals surface area contributed by atoms with Crippen LogP contribution in [-0.4, -0.2) is 73.5 Å². The molecule has 2 aromatic carbocycles. The fourth-order valence-corrected chi connectivity index (χ4v) is 7.83. The van der Waals surface area contributed by atoms with Crippen LogP contribution in [0.2, 0.25) is 0 Å². The molecule has 0 aromatic heterocycles. The largest absolute Gasteiger partial charge is 0.340 e. The molecule has 218 valence electrons. The first-order chi connectivity index (χ1) is 18.8. The summed E-state index contributed by atoms with van der Waals surface area (Å²) in [4.78, 5) is 31.3. The van der Waals surface area contributed by atoms with Crippen molar-refractivity contribution in [2.75, 3.05) is 19.3 Å². The third-order valence-corrected chi connectivity index (χ3v) is 10.6. The number of benzene rings is 2. The van der Waals surface area contributed by atoms with Gasteiger partial charge in [0.15, 0.2) is 9.84 Å². The maximum atomic E-state index is 13.7. The van der Waals surface area contributed by atoms with Gasteiger partial charge in [-0.15, -0.1) is 0 Å². The third-order valence-electron chi connectivity index (χ3n) is 8.78. The molecule has 1 saturated heterocycles. The van der Waals surface area contributed by atoms with Crippen molar-refractivity contribution in [2.24, 2.45) is 5.92 Å². The van der Waals surface area contributed by atoms with E-state index in [1.807, 2.05) is 29.2 Å². The summed E-state index contributed by atoms with van der Waals surface area (Å²) in [5.74, 6) is -0.545. The van der Waals surface area contributed by atoms with Crippen molar-refractivity contribution in [1.82, 2.24) is 15.1 Å². The number of nitrogens with one attached hydrogen (secondary N) is 1. The van der Waals surface area contributed by atoms with Crippen LogP contribution in [0.3, 0.4) is 0 Å². The van der Waals surface area contributed by atoms with Gasteiger partial charge in [0, 0.05) is 30.2 Å². The van der Waals surface area contributed by atoms with E-state index >= 15 is 0 Å². The minimum atomic E-state index is -3.52. The molecule has 2 amide bonds. The summed E-state index contributed by atoms with van der Waals surface area (Å²) in [6.45, 7) is 11.1. The molecule has 1 N–H and O–H groups in total. The summed E-state index contributed by atoms with van der Waals surface area (Å²) in [5.41, 5.74) is 1.52. The lowest BCUT2D eigenvalue weighted by molar-refractivity contribution is -0.133. The molecule has 4 rings (SSSR count). The van der Waals surface area contributed by atoms with Crippen molar-refractivity contribution in [3.63, 3.8) is 0 Å². The van der Waals surface area contributed by atoms with E-state index in [4.69, 9.17) is 0 Å². The van der Waals surface area contributed by atoms with Gasteiger partial charge in [0.2, 0.25) is 5.91 Å². The Morgan fingerprint density at radius 2 is 1.75 bits per heavy atom. The van der Waals surface area contributed by atoms with Gasteiger partial charge in [0.25, 0.3) is 5.91 Å². The van der Waals surface area contributed by atoms with Crippen LogP contribution < -0.4 is 5.32 Å². The minimum absolute atomic E-state index is 0.00448. The van der Waals surface area contributed by atoms with Crippen LogP contribution in [0.5, 0.6) is 0 Å². The van der Waals surface area contributed by atoms with Crippen molar-refractivity contribution in [2.45, 2.75) is 94.8 Å². The number of sulfone groups is 1. The molecule has 0 spiro atoms. The molecule has 7 nitrogen and oxygen atoms in total. The lowest BCUT2D eigenvalue weighted by Crippen LogP contribution is -2.53. The first-order valence-electron chi connectivity index (χ1n) is 14.5. The fourth-order valence-electron chi connectivity index (χ4n) is 6.14. The molecule has 0 bridgehead atoms. The Bertz CT molecular complexity index is 1300. The van der Waals surface area contributed by atoms with Gasteiger partial charge in [0.05, 0.1) is 10.6 Å². The second-order valence-electron chi connectivity index (χ2n) is 12.8. The topological polar surface area (TPSA) is 86.8 Å². The summed E-state index contributed by atoms with van der Waals surface area (Å²) < 4.78 is 26.9. The Labute approximate surface area is 240 Å². The number of rotatable bonds is 8. The fraction of sp³-hybridized carbons (Fsp3) is 0.562. The number of nitrogens with zero attached hydrogens (tertiary/aromatic N) is 2. The monoisotopic (exact) mass is 567 g/mol. The smallest absolute Gasteiger partial charge is 0.251 e. The van der Waals surface area contributed by atoms with E-state index in [-0.39, 0.29) is 41.0 Å². The molecule has 2 aromatic rings. The molecular weight excluding hydrogens is 522 g/mol. The lowest BCUT2D eigenvalue weighted by Gasteiger charge is -2.44. The molecular formula is C32H45N3O4S. The number of hydrogen-bond acceptors (Lipinski definition) is 5. The van der Waals surface area contributed by atoms with Crippen LogP contribution in [0.25, 0.3) is 0 Å². The molecule has 1 heterocycles. The zero-order chi connectivity index (χ0) is 29.2. The highest BCUT2D eigenvalue weighted by atomic mass is 32.2. The van der Waals surface area contributed by atoms with E-state index in [2.05, 4.69) is 51.9 Å². The maximum absolute atomic E-state index is 13.7. The standard InChI is InChI=1S/C32H45N3O4S/c1-22(2)34(6)26-15-16-29(24(20-26)21-40(38,39)27-13-8-7-9-14-27)35-18-17-28(31(35)37)33-30(36)23-11-10-12-25(19-23)32(3,4)5/h7-14,19,22,24,26,28-29H,15-18,20-21H2,1-6H3,(H,33,36). The molecule has 0 radical (unpaired) electrons. The van der Waals surface area contributed by atoms with Crippen molar-refractivity contribution in [1.29, 1.82) is 0 Å². The number of carbonyl (C=O) groups excluding carboxylic acids is 2. The number of carbonyl (C=O) groups is 2. The van der Waals surface area contributed by atoms with Gasteiger partial charge in [-0.2, -0.15) is 0 Å². The van der Waals surface area contributed by atoms with Crippen molar-refractivity contribution >= 4 is 21.7 Å². The van der Waals surface area contributed by atoms with Gasteiger partial charge in [-0.3, -0.25) is 9.59 Å². The second-order valence-corrected chi connectivity index (χ2v) is 14.9. The average molecular weight is 568 g/mol. The zero-order valence-electron chi connectivity index (χ0n) is 24.8. The summed E-state index contributed by atoms with van der Waals surface area (Å²) in [5, 5.41) is 2.97. The van der Waals surface area contributed by atoms with Crippen LogP contribution in [0.15, 0.2) is 59.5 Å². The minimum Gasteiger partial charge on any atom is -0.340 e. The zero-order valence-corrected chi connectivity index (χ0v) is 25.6. The Morgan fingerprint density at radius 3 is 2.40 bits per heavy atom. The molecule has 2 fully saturated rings. The molecule has 2 aliphatic rings. The molecule has 8 heteroatoms. The maximum Gasteiger partial charge on any atom is 0.251 e. The van der Waals surface area contributed by atoms with Crippen molar-refractivity contribution in [3.05, 3.63) is 65.7 Å². The van der Waals surface area contributed by atoms with Crippen LogP contribution in [0, 0.1) is 5.92 Å². The average Bonchev–Trinajstić information content (AvgIpc) is 3.27. The number of likely N-dealkylation sites (tertiary alicyclic amines) is 1. The second kappa shape index (κ2) is 12.0. The van der Waals surface area contributed by atoms with E-state index in [0.717, 1.165) is 18.4 Å². The molecule has 40 heavy (non-hydrogen) atoms. The van der Waals surface area contributed by atoms with E-state index in [1.54, 1.807) is 30.3 Å². The summed E-state index contributed by atoms with van der Waals surface area (Å²) in [6, 6.07) is 16.0. The summed E-state index contributed by atoms with van der Waals surface area (Å²) in [6.07, 6.45) is 2.89. The van der Waals surface area contributed by atoms with Crippen molar-refractivity contribution < 1.29 is 18.0 Å². The predicted octanol–water partition coefficient (Wildman–Crippen LogP) is 4.67. The van der Waals surface area contributed by atoms with E-state index in [0.29, 0.717) is 35.9 Å². The van der Waals surface area contributed by atoms with Gasteiger partial charge in [-0.05, 0) is 87.7 Å². The van der Waals surface area contributed by atoms with Crippen LogP contribution >= 0.6 is 0 Å². The first-order valence-corrected chi connectivity index (χ1v) is 16.1. The number of hydrogen-bond donors (Lipinski definition) is 1. The summed E-state index contributed by atoms with van der Waals surface area (Å²) >= 11 is 0. The van der Waals surface area contributed by atoms with Gasteiger partial charge >= 0.3 is 0 Å². The third kappa shape index (κ3) is 6.77. The normalized spacial score (nSPS) is 24.1. The van der Waals surface area contributed by atoms with Crippen LogP contribution in [0.4, 0.5) is 0 Å². The Kier molecular flexibility index (Phi) is 9.10. The van der Waals surface area contributed by atoms with Gasteiger partial charge < -0.3 is 15.1 Å². The highest BCUT2D eigenvalue weighted by Gasteiger charge is 2.44. The Morgan fingerprint density at radius 1 is 1.05 bits per heavy atom. The van der Waals surface area contributed by atoms with Crippen LogP contribution in [-0.2, 0) is 20.0 Å². The molecule has 4 unspecified atom stereocenters. The first kappa shape index (κ1) is 30.3. The Balaban J connectivity index is 1.51. The molecule has 1 aliphatic heterocycles. The van der Waals surface area contributed by atoms with Gasteiger partial charge in [-0.1, -0.05) is 51.1 Å². The quantitative estimate of drug-likeness (QED) is 0.501. The SMILES string of the molecule is CC(C)N(C)C1CCC(N2CCC(NC(=O)c3cccc(C(C)(C)C)c3)C2=O)C(CS(=O)(=O)c2ccccc2)C1. The highest BCUT2D eigenvalue weighted by molar-refractivity contribution is 7.91.